The number of ether oxygens (including phenoxy) is 2. The number of aliphatic imine (C=N–C) groups is 1. The van der Waals surface area contributed by atoms with Crippen LogP contribution in [-0.4, -0.2) is 67.6 Å². The quantitative estimate of drug-likeness (QED) is 0.670. The highest BCUT2D eigenvalue weighted by Gasteiger charge is 2.49. The number of sulfone groups is 1. The topological polar surface area (TPSA) is 123 Å². The molecule has 1 aromatic carbocycles. The molecule has 158 valence electrons. The number of thioether (sulfide) groups is 1. The lowest BCUT2D eigenvalue weighted by molar-refractivity contribution is -0.137. The Morgan fingerprint density at radius 3 is 2.59 bits per heavy atom. The number of carboxylic acids is 1. The van der Waals surface area contributed by atoms with Gasteiger partial charge in [-0.25, -0.2) is 8.42 Å². The van der Waals surface area contributed by atoms with Gasteiger partial charge in [-0.3, -0.25) is 9.59 Å². The van der Waals surface area contributed by atoms with Gasteiger partial charge in [0.25, 0.3) is 0 Å². The van der Waals surface area contributed by atoms with Gasteiger partial charge in [-0.15, -0.1) is 0 Å². The summed E-state index contributed by atoms with van der Waals surface area (Å²) in [5, 5.41) is 8.91. The number of carbonyl (C=O) groups excluding carboxylic acids is 1. The van der Waals surface area contributed by atoms with Crippen molar-refractivity contribution in [3.8, 4) is 11.5 Å². The minimum absolute atomic E-state index is 0.0176. The maximum absolute atomic E-state index is 12.2. The first-order valence-electron chi connectivity index (χ1n) is 8.95. The Hall–Kier alpha value is -2.27. The second kappa shape index (κ2) is 8.62. The van der Waals surface area contributed by atoms with E-state index in [1.54, 1.807) is 23.1 Å². The number of rotatable bonds is 7. The lowest BCUT2D eigenvalue weighted by atomic mass is 10.2. The molecule has 11 heteroatoms. The van der Waals surface area contributed by atoms with Crippen molar-refractivity contribution in [3.05, 3.63) is 18.2 Å². The zero-order valence-corrected chi connectivity index (χ0v) is 17.7. The molecule has 0 spiro atoms. The molecule has 2 fully saturated rings. The smallest absolute Gasteiger partial charge is 0.303 e. The molecule has 29 heavy (non-hydrogen) atoms. The van der Waals surface area contributed by atoms with E-state index < -0.39 is 21.7 Å². The highest BCUT2D eigenvalue weighted by molar-refractivity contribution is 8.16. The number of amides is 1. The van der Waals surface area contributed by atoms with Crippen molar-refractivity contribution in [3.63, 3.8) is 0 Å². The van der Waals surface area contributed by atoms with Crippen LogP contribution in [0.15, 0.2) is 23.2 Å². The Bertz CT molecular complexity index is 946. The summed E-state index contributed by atoms with van der Waals surface area (Å²) in [5.74, 6) is -0.383. The van der Waals surface area contributed by atoms with E-state index in [-0.39, 0.29) is 42.1 Å². The summed E-state index contributed by atoms with van der Waals surface area (Å²) >= 11 is 1.27. The molecule has 1 aromatic rings. The van der Waals surface area contributed by atoms with Gasteiger partial charge in [0, 0.05) is 29.8 Å². The van der Waals surface area contributed by atoms with Crippen molar-refractivity contribution < 1.29 is 32.6 Å². The van der Waals surface area contributed by atoms with Crippen LogP contribution >= 0.6 is 11.8 Å². The first-order chi connectivity index (χ1) is 13.7. The predicted molar refractivity (Wildman–Crippen MR) is 110 cm³/mol. The maximum atomic E-state index is 12.2. The van der Waals surface area contributed by atoms with E-state index in [4.69, 9.17) is 14.6 Å². The number of aliphatic carboxylic acids is 1. The van der Waals surface area contributed by atoms with Crippen LogP contribution in [0.25, 0.3) is 0 Å². The molecule has 2 aliphatic rings. The van der Waals surface area contributed by atoms with Crippen molar-refractivity contribution in [2.75, 3.05) is 30.6 Å². The van der Waals surface area contributed by atoms with Gasteiger partial charge in [-0.1, -0.05) is 11.8 Å². The molecule has 1 N–H and O–H groups in total. The van der Waals surface area contributed by atoms with Crippen LogP contribution in [-0.2, 0) is 19.4 Å². The van der Waals surface area contributed by atoms with E-state index in [0.717, 1.165) is 0 Å². The maximum Gasteiger partial charge on any atom is 0.303 e. The van der Waals surface area contributed by atoms with Gasteiger partial charge in [0.2, 0.25) is 5.91 Å². The molecule has 1 amide bonds. The van der Waals surface area contributed by atoms with Gasteiger partial charge in [0.1, 0.15) is 0 Å². The van der Waals surface area contributed by atoms with Gasteiger partial charge < -0.3 is 19.5 Å². The van der Waals surface area contributed by atoms with Crippen LogP contribution in [0.4, 0.5) is 5.69 Å². The summed E-state index contributed by atoms with van der Waals surface area (Å²) < 4.78 is 34.9. The highest BCUT2D eigenvalue weighted by Crippen LogP contribution is 2.43. The Morgan fingerprint density at radius 2 is 1.93 bits per heavy atom. The number of anilines is 1. The normalized spacial score (nSPS) is 23.8. The van der Waals surface area contributed by atoms with E-state index in [9.17, 15) is 18.0 Å². The number of methoxy groups -OCH3 is 2. The van der Waals surface area contributed by atoms with Gasteiger partial charge in [0.15, 0.2) is 26.5 Å². The fourth-order valence-corrected chi connectivity index (χ4v) is 7.33. The summed E-state index contributed by atoms with van der Waals surface area (Å²) in [4.78, 5) is 28.8. The third kappa shape index (κ3) is 4.84. The van der Waals surface area contributed by atoms with E-state index in [1.165, 1.54) is 26.0 Å². The SMILES string of the molecule is COc1ccc(N2C(=NC(=O)CCCC(=O)O)S[C@H]3CS(=O)(=O)C[C@@H]32)cc1OC. The van der Waals surface area contributed by atoms with Crippen LogP contribution in [0.1, 0.15) is 19.3 Å². The standard InChI is InChI=1S/C18H22N2O7S2/c1-26-13-7-6-11(8-14(13)27-2)20-12-9-29(24,25)10-15(12)28-18(20)19-16(21)4-3-5-17(22)23/h6-8,12,15H,3-5,9-10H2,1-2H3,(H,22,23)/t12-,15-/m0/s1. The second-order valence-corrected chi connectivity index (χ2v) is 10.1. The van der Waals surface area contributed by atoms with Crippen molar-refractivity contribution in [2.45, 2.75) is 30.6 Å². The van der Waals surface area contributed by atoms with Gasteiger partial charge in [-0.2, -0.15) is 4.99 Å². The molecule has 2 atom stereocenters. The van der Waals surface area contributed by atoms with Crippen LogP contribution in [0.2, 0.25) is 0 Å². The van der Waals surface area contributed by atoms with Crippen molar-refractivity contribution in [1.82, 2.24) is 0 Å². The first kappa shape index (κ1) is 21.4. The number of carbonyl (C=O) groups is 2. The average molecular weight is 443 g/mol. The average Bonchev–Trinajstić information content (AvgIpc) is 3.11. The second-order valence-electron chi connectivity index (χ2n) is 6.75. The monoisotopic (exact) mass is 442 g/mol. The third-order valence-electron chi connectivity index (χ3n) is 4.71. The zero-order chi connectivity index (χ0) is 21.2. The zero-order valence-electron chi connectivity index (χ0n) is 16.0. The fraction of sp³-hybridized carbons (Fsp3) is 0.500. The molecule has 2 heterocycles. The van der Waals surface area contributed by atoms with Crippen LogP contribution in [0.3, 0.4) is 0 Å². The molecule has 0 radical (unpaired) electrons. The number of nitrogens with zero attached hydrogens (tertiary/aromatic N) is 2. The minimum Gasteiger partial charge on any atom is -0.493 e. The molecular weight excluding hydrogens is 420 g/mol. The molecule has 0 aromatic heterocycles. The lowest BCUT2D eigenvalue weighted by Gasteiger charge is -2.25. The fourth-order valence-electron chi connectivity index (χ4n) is 3.39. The molecule has 0 saturated carbocycles. The molecule has 0 bridgehead atoms. The number of carboxylic acid groups (broad SMARTS) is 1. The van der Waals surface area contributed by atoms with Gasteiger partial charge >= 0.3 is 5.97 Å². The van der Waals surface area contributed by atoms with Crippen molar-refractivity contribution in [1.29, 1.82) is 0 Å². The Balaban J connectivity index is 1.91. The highest BCUT2D eigenvalue weighted by atomic mass is 32.2. The van der Waals surface area contributed by atoms with Crippen molar-refractivity contribution >= 4 is 44.3 Å². The number of hydrogen-bond acceptors (Lipinski definition) is 7. The van der Waals surface area contributed by atoms with Crippen molar-refractivity contribution in [2.24, 2.45) is 4.99 Å². The molecule has 0 aliphatic carbocycles. The first-order valence-corrected chi connectivity index (χ1v) is 11.7. The molecule has 2 saturated heterocycles. The third-order valence-corrected chi connectivity index (χ3v) is 7.92. The molecule has 0 unspecified atom stereocenters. The summed E-state index contributed by atoms with van der Waals surface area (Å²) in [6, 6.07) is 4.85. The number of hydrogen-bond donors (Lipinski definition) is 1. The van der Waals surface area contributed by atoms with Crippen LogP contribution in [0, 0.1) is 0 Å². The summed E-state index contributed by atoms with van der Waals surface area (Å²) in [6.45, 7) is 0. The number of benzene rings is 1. The number of amidine groups is 1. The number of fused-ring (bicyclic) bond motifs is 1. The predicted octanol–water partition coefficient (Wildman–Crippen LogP) is 1.56. The van der Waals surface area contributed by atoms with Crippen LogP contribution < -0.4 is 14.4 Å². The summed E-state index contributed by atoms with van der Waals surface area (Å²) in [6.07, 6.45) is 0.115. The Labute approximate surface area is 173 Å². The van der Waals surface area contributed by atoms with E-state index in [0.29, 0.717) is 22.4 Å². The molecule has 9 nitrogen and oxygen atoms in total. The van der Waals surface area contributed by atoms with Gasteiger partial charge in [-0.05, 0) is 18.6 Å². The Kier molecular flexibility index (Phi) is 6.37. The van der Waals surface area contributed by atoms with E-state index in [1.807, 2.05) is 0 Å². The molecule has 3 rings (SSSR count). The largest absolute Gasteiger partial charge is 0.493 e. The molecular formula is C18H22N2O7S2. The summed E-state index contributed by atoms with van der Waals surface area (Å²) in [7, 11) is -0.151. The van der Waals surface area contributed by atoms with Gasteiger partial charge in [0.05, 0.1) is 31.8 Å². The molecule has 2 aliphatic heterocycles. The lowest BCUT2D eigenvalue weighted by Crippen LogP contribution is -2.37. The summed E-state index contributed by atoms with van der Waals surface area (Å²) in [5.41, 5.74) is 0.650. The minimum atomic E-state index is -3.17. The Morgan fingerprint density at radius 1 is 1.21 bits per heavy atom. The van der Waals surface area contributed by atoms with E-state index >= 15 is 0 Å². The van der Waals surface area contributed by atoms with E-state index in [2.05, 4.69) is 4.99 Å². The van der Waals surface area contributed by atoms with Crippen LogP contribution in [0.5, 0.6) is 11.5 Å².